The minimum absolute atomic E-state index is 0.147. The van der Waals surface area contributed by atoms with Gasteiger partial charge in [0.15, 0.2) is 0 Å². The number of furan rings is 1. The Hall–Kier alpha value is -1.49. The molecule has 5 heteroatoms. The number of carbonyl (C=O) groups excluding carboxylic acids is 1. The number of hydrogen-bond acceptors (Lipinski definition) is 4. The van der Waals surface area contributed by atoms with Crippen molar-refractivity contribution in [3.63, 3.8) is 0 Å². The average molecular weight is 280 g/mol. The molecule has 20 heavy (non-hydrogen) atoms. The zero-order valence-corrected chi connectivity index (χ0v) is 12.7. The molecule has 112 valence electrons. The van der Waals surface area contributed by atoms with Crippen LogP contribution in [0.1, 0.15) is 45.9 Å². The van der Waals surface area contributed by atoms with Gasteiger partial charge in [-0.05, 0) is 46.2 Å². The van der Waals surface area contributed by atoms with E-state index in [4.69, 9.17) is 9.15 Å². The minimum Gasteiger partial charge on any atom is -0.468 e. The Morgan fingerprint density at radius 2 is 2.30 bits per heavy atom. The fraction of sp³-hybridized carbons (Fsp3) is 0.667. The second-order valence-electron chi connectivity index (χ2n) is 6.32. The SMILES string of the molecule is CC(N[C@@H]1CCN(C(=O)OC(C)(C)C)C1)c1ccco1. The van der Waals surface area contributed by atoms with E-state index < -0.39 is 5.60 Å². The molecule has 1 unspecified atom stereocenters. The van der Waals surface area contributed by atoms with Crippen LogP contribution in [-0.4, -0.2) is 35.7 Å². The molecule has 0 aromatic carbocycles. The molecule has 1 saturated heterocycles. The average Bonchev–Trinajstić information content (AvgIpc) is 2.97. The highest BCUT2D eigenvalue weighted by molar-refractivity contribution is 5.68. The largest absolute Gasteiger partial charge is 0.468 e. The van der Waals surface area contributed by atoms with Crippen LogP contribution < -0.4 is 5.32 Å². The number of rotatable bonds is 3. The quantitative estimate of drug-likeness (QED) is 0.925. The predicted octanol–water partition coefficient (Wildman–Crippen LogP) is 2.94. The number of amides is 1. The summed E-state index contributed by atoms with van der Waals surface area (Å²) in [5, 5.41) is 3.49. The van der Waals surface area contributed by atoms with E-state index in [-0.39, 0.29) is 18.2 Å². The van der Waals surface area contributed by atoms with Gasteiger partial charge in [0.1, 0.15) is 11.4 Å². The maximum absolute atomic E-state index is 12.0. The summed E-state index contributed by atoms with van der Waals surface area (Å²) < 4.78 is 10.8. The molecule has 0 radical (unpaired) electrons. The molecule has 1 aromatic heterocycles. The van der Waals surface area contributed by atoms with Crippen molar-refractivity contribution >= 4 is 6.09 Å². The molecular formula is C15H24N2O3. The monoisotopic (exact) mass is 280 g/mol. The maximum Gasteiger partial charge on any atom is 0.410 e. The van der Waals surface area contributed by atoms with E-state index in [0.717, 1.165) is 18.7 Å². The van der Waals surface area contributed by atoms with Gasteiger partial charge in [0, 0.05) is 19.1 Å². The fourth-order valence-corrected chi connectivity index (χ4v) is 2.36. The topological polar surface area (TPSA) is 54.7 Å². The number of hydrogen-bond donors (Lipinski definition) is 1. The summed E-state index contributed by atoms with van der Waals surface area (Å²) in [6, 6.07) is 4.27. The van der Waals surface area contributed by atoms with Crippen LogP contribution in [0, 0.1) is 0 Å². The second-order valence-corrected chi connectivity index (χ2v) is 6.32. The lowest BCUT2D eigenvalue weighted by molar-refractivity contribution is 0.0290. The van der Waals surface area contributed by atoms with Crippen molar-refractivity contribution in [2.24, 2.45) is 0 Å². The van der Waals surface area contributed by atoms with Crippen LogP contribution in [0.3, 0.4) is 0 Å². The number of ether oxygens (including phenoxy) is 1. The summed E-state index contributed by atoms with van der Waals surface area (Å²) in [6.45, 7) is 9.13. The lowest BCUT2D eigenvalue weighted by Crippen LogP contribution is -2.38. The number of nitrogens with one attached hydrogen (secondary N) is 1. The molecule has 2 atom stereocenters. The molecule has 1 aromatic rings. The molecule has 5 nitrogen and oxygen atoms in total. The third-order valence-electron chi connectivity index (χ3n) is 3.30. The molecule has 1 aliphatic rings. The van der Waals surface area contributed by atoms with Gasteiger partial charge in [-0.25, -0.2) is 4.79 Å². The number of carbonyl (C=O) groups is 1. The van der Waals surface area contributed by atoms with Crippen molar-refractivity contribution in [1.29, 1.82) is 0 Å². The third kappa shape index (κ3) is 4.00. The molecule has 1 fully saturated rings. The third-order valence-corrected chi connectivity index (χ3v) is 3.30. The number of nitrogens with zero attached hydrogens (tertiary/aromatic N) is 1. The van der Waals surface area contributed by atoms with Crippen molar-refractivity contribution in [3.8, 4) is 0 Å². The first-order valence-electron chi connectivity index (χ1n) is 7.12. The Kier molecular flexibility index (Phi) is 4.38. The van der Waals surface area contributed by atoms with Crippen LogP contribution in [0.25, 0.3) is 0 Å². The van der Waals surface area contributed by atoms with Gasteiger partial charge in [0.25, 0.3) is 0 Å². The molecule has 0 saturated carbocycles. The van der Waals surface area contributed by atoms with E-state index in [1.54, 1.807) is 11.2 Å². The normalized spacial score (nSPS) is 21.0. The van der Waals surface area contributed by atoms with Gasteiger partial charge >= 0.3 is 6.09 Å². The highest BCUT2D eigenvalue weighted by Gasteiger charge is 2.30. The van der Waals surface area contributed by atoms with Crippen LogP contribution in [0.5, 0.6) is 0 Å². The first kappa shape index (κ1) is 14.9. The van der Waals surface area contributed by atoms with Gasteiger partial charge in [0.05, 0.1) is 12.3 Å². The molecule has 2 heterocycles. The molecule has 1 aliphatic heterocycles. The van der Waals surface area contributed by atoms with Crippen LogP contribution in [0.2, 0.25) is 0 Å². The lowest BCUT2D eigenvalue weighted by atomic mass is 10.2. The Morgan fingerprint density at radius 1 is 1.55 bits per heavy atom. The Morgan fingerprint density at radius 3 is 2.90 bits per heavy atom. The van der Waals surface area contributed by atoms with E-state index in [1.807, 2.05) is 32.9 Å². The predicted molar refractivity (Wildman–Crippen MR) is 76.5 cm³/mol. The van der Waals surface area contributed by atoms with Gasteiger partial charge in [-0.3, -0.25) is 0 Å². The Balaban J connectivity index is 1.82. The van der Waals surface area contributed by atoms with Gasteiger partial charge in [-0.2, -0.15) is 0 Å². The zero-order chi connectivity index (χ0) is 14.8. The van der Waals surface area contributed by atoms with Crippen molar-refractivity contribution in [2.45, 2.75) is 51.8 Å². The van der Waals surface area contributed by atoms with Crippen LogP contribution >= 0.6 is 0 Å². The fourth-order valence-electron chi connectivity index (χ4n) is 2.36. The summed E-state index contributed by atoms with van der Waals surface area (Å²) in [6.07, 6.45) is 2.38. The first-order chi connectivity index (χ1) is 9.35. The van der Waals surface area contributed by atoms with Crippen LogP contribution in [-0.2, 0) is 4.74 Å². The highest BCUT2D eigenvalue weighted by Crippen LogP contribution is 2.19. The van der Waals surface area contributed by atoms with Crippen molar-refractivity contribution in [2.75, 3.05) is 13.1 Å². The van der Waals surface area contributed by atoms with Crippen molar-refractivity contribution < 1.29 is 13.9 Å². The van der Waals surface area contributed by atoms with Gasteiger partial charge in [-0.1, -0.05) is 0 Å². The van der Waals surface area contributed by atoms with Gasteiger partial charge in [0.2, 0.25) is 0 Å². The van der Waals surface area contributed by atoms with Gasteiger partial charge < -0.3 is 19.4 Å². The number of likely N-dealkylation sites (tertiary alicyclic amines) is 1. The molecular weight excluding hydrogens is 256 g/mol. The standard InChI is InChI=1S/C15H24N2O3/c1-11(13-6-5-9-19-13)16-12-7-8-17(10-12)14(18)20-15(2,3)4/h5-6,9,11-12,16H,7-8,10H2,1-4H3/t11?,12-/m1/s1. The summed E-state index contributed by atoms with van der Waals surface area (Å²) in [5.41, 5.74) is -0.440. The van der Waals surface area contributed by atoms with E-state index in [0.29, 0.717) is 6.54 Å². The van der Waals surface area contributed by atoms with Crippen LogP contribution in [0.15, 0.2) is 22.8 Å². The Bertz CT molecular complexity index is 436. The maximum atomic E-state index is 12.0. The molecule has 1 N–H and O–H groups in total. The summed E-state index contributed by atoms with van der Waals surface area (Å²) in [7, 11) is 0. The molecule has 0 aliphatic carbocycles. The summed E-state index contributed by atoms with van der Waals surface area (Å²) in [4.78, 5) is 13.7. The summed E-state index contributed by atoms with van der Waals surface area (Å²) in [5.74, 6) is 0.917. The van der Waals surface area contributed by atoms with Gasteiger partial charge in [-0.15, -0.1) is 0 Å². The van der Waals surface area contributed by atoms with E-state index >= 15 is 0 Å². The van der Waals surface area contributed by atoms with Crippen molar-refractivity contribution in [3.05, 3.63) is 24.2 Å². The highest BCUT2D eigenvalue weighted by atomic mass is 16.6. The second kappa shape index (κ2) is 5.87. The van der Waals surface area contributed by atoms with Crippen molar-refractivity contribution in [1.82, 2.24) is 10.2 Å². The first-order valence-corrected chi connectivity index (χ1v) is 7.12. The zero-order valence-electron chi connectivity index (χ0n) is 12.7. The molecule has 2 rings (SSSR count). The summed E-state index contributed by atoms with van der Waals surface area (Å²) >= 11 is 0. The van der Waals surface area contributed by atoms with Crippen LogP contribution in [0.4, 0.5) is 4.79 Å². The molecule has 0 bridgehead atoms. The van der Waals surface area contributed by atoms with E-state index in [1.165, 1.54) is 0 Å². The Labute approximate surface area is 120 Å². The van der Waals surface area contributed by atoms with E-state index in [9.17, 15) is 4.79 Å². The molecule has 0 spiro atoms. The lowest BCUT2D eigenvalue weighted by Gasteiger charge is -2.24. The minimum atomic E-state index is -0.440. The smallest absolute Gasteiger partial charge is 0.410 e. The van der Waals surface area contributed by atoms with E-state index in [2.05, 4.69) is 12.2 Å². The molecule has 1 amide bonds.